The topological polar surface area (TPSA) is 97.0 Å². The minimum atomic E-state index is -1.82. The standard InChI is InChI=1S/C11H10Cl3N5O/c1-5-2-3-6(7(20)4-5)16-10-18-8(11(12,13)14)17-9(15)19-10/h2-4,20H,1H3,(H3,15,16,17,18,19). The van der Waals surface area contributed by atoms with Crippen molar-refractivity contribution in [2.45, 2.75) is 10.7 Å². The van der Waals surface area contributed by atoms with Crippen molar-refractivity contribution in [1.29, 1.82) is 0 Å². The van der Waals surface area contributed by atoms with Gasteiger partial charge in [0.25, 0.3) is 0 Å². The lowest BCUT2D eigenvalue weighted by Gasteiger charge is -2.12. The molecule has 6 nitrogen and oxygen atoms in total. The molecule has 106 valence electrons. The number of phenols is 1. The molecule has 0 bridgehead atoms. The normalized spacial score (nSPS) is 11.4. The number of hydrogen-bond acceptors (Lipinski definition) is 6. The van der Waals surface area contributed by atoms with Gasteiger partial charge in [-0.15, -0.1) is 0 Å². The van der Waals surface area contributed by atoms with E-state index in [4.69, 9.17) is 40.5 Å². The molecule has 4 N–H and O–H groups in total. The summed E-state index contributed by atoms with van der Waals surface area (Å²) in [5, 5.41) is 12.6. The van der Waals surface area contributed by atoms with E-state index >= 15 is 0 Å². The van der Waals surface area contributed by atoms with Gasteiger partial charge in [0, 0.05) is 0 Å². The predicted octanol–water partition coefficient (Wildman–Crippen LogP) is 3.04. The summed E-state index contributed by atoms with van der Waals surface area (Å²) in [4.78, 5) is 11.5. The zero-order chi connectivity index (χ0) is 14.9. The summed E-state index contributed by atoms with van der Waals surface area (Å²) >= 11 is 17.1. The van der Waals surface area contributed by atoms with E-state index in [9.17, 15) is 5.11 Å². The SMILES string of the molecule is Cc1ccc(Nc2nc(N)nc(C(Cl)(Cl)Cl)n2)c(O)c1. The van der Waals surface area contributed by atoms with Crippen molar-refractivity contribution < 1.29 is 5.11 Å². The Balaban J connectivity index is 2.36. The van der Waals surface area contributed by atoms with E-state index in [2.05, 4.69) is 20.3 Å². The van der Waals surface area contributed by atoms with Gasteiger partial charge in [0.15, 0.2) is 5.82 Å². The Kier molecular flexibility index (Phi) is 4.08. The van der Waals surface area contributed by atoms with Crippen LogP contribution in [0.15, 0.2) is 18.2 Å². The maximum atomic E-state index is 9.81. The minimum Gasteiger partial charge on any atom is -0.506 e. The molecule has 0 saturated carbocycles. The van der Waals surface area contributed by atoms with Crippen LogP contribution in [0.4, 0.5) is 17.6 Å². The summed E-state index contributed by atoms with van der Waals surface area (Å²) in [6, 6.07) is 5.06. The van der Waals surface area contributed by atoms with Gasteiger partial charge < -0.3 is 16.2 Å². The molecular weight excluding hydrogens is 325 g/mol. The zero-order valence-electron chi connectivity index (χ0n) is 10.2. The van der Waals surface area contributed by atoms with Crippen LogP contribution in [-0.4, -0.2) is 20.1 Å². The van der Waals surface area contributed by atoms with Gasteiger partial charge in [0.05, 0.1) is 5.69 Å². The highest BCUT2D eigenvalue weighted by Crippen LogP contribution is 2.36. The molecule has 2 aromatic rings. The molecule has 0 saturated heterocycles. The molecule has 0 radical (unpaired) electrons. The molecule has 0 aliphatic carbocycles. The second-order valence-corrected chi connectivity index (χ2v) is 6.27. The summed E-state index contributed by atoms with van der Waals surface area (Å²) in [6.07, 6.45) is 0. The van der Waals surface area contributed by atoms with E-state index in [1.54, 1.807) is 12.1 Å². The Morgan fingerprint density at radius 2 is 1.90 bits per heavy atom. The Hall–Kier alpha value is -1.50. The van der Waals surface area contributed by atoms with Crippen LogP contribution in [0.25, 0.3) is 0 Å². The maximum absolute atomic E-state index is 9.81. The number of aryl methyl sites for hydroxylation is 1. The van der Waals surface area contributed by atoms with Gasteiger partial charge in [-0.1, -0.05) is 40.9 Å². The Morgan fingerprint density at radius 3 is 2.50 bits per heavy atom. The first-order valence-corrected chi connectivity index (χ1v) is 6.54. The van der Waals surface area contributed by atoms with E-state index in [0.717, 1.165) is 5.56 Å². The average Bonchev–Trinajstić information content (AvgIpc) is 2.31. The summed E-state index contributed by atoms with van der Waals surface area (Å²) in [7, 11) is 0. The van der Waals surface area contributed by atoms with E-state index < -0.39 is 3.79 Å². The molecule has 0 unspecified atom stereocenters. The molecule has 0 amide bonds. The molecule has 0 atom stereocenters. The van der Waals surface area contributed by atoms with Crippen LogP contribution < -0.4 is 11.1 Å². The van der Waals surface area contributed by atoms with Crippen LogP contribution in [0, 0.1) is 6.92 Å². The summed E-state index contributed by atoms with van der Waals surface area (Å²) in [5.74, 6) is -0.100. The van der Waals surface area contributed by atoms with Gasteiger partial charge >= 0.3 is 0 Å². The second kappa shape index (κ2) is 5.47. The van der Waals surface area contributed by atoms with E-state index in [0.29, 0.717) is 5.69 Å². The number of rotatable bonds is 2. The van der Waals surface area contributed by atoms with Crippen LogP contribution in [0.5, 0.6) is 5.75 Å². The molecule has 0 fully saturated rings. The number of nitrogens with zero attached hydrogens (tertiary/aromatic N) is 3. The van der Waals surface area contributed by atoms with Gasteiger partial charge in [0.1, 0.15) is 5.75 Å². The molecule has 0 aliphatic rings. The second-order valence-electron chi connectivity index (χ2n) is 3.98. The number of benzene rings is 1. The van der Waals surface area contributed by atoms with E-state index in [1.807, 2.05) is 13.0 Å². The van der Waals surface area contributed by atoms with Crippen molar-refractivity contribution in [3.8, 4) is 5.75 Å². The third kappa shape index (κ3) is 3.53. The monoisotopic (exact) mass is 333 g/mol. The lowest BCUT2D eigenvalue weighted by molar-refractivity contribution is 0.477. The van der Waals surface area contributed by atoms with Gasteiger partial charge in [-0.3, -0.25) is 0 Å². The third-order valence-corrected chi connectivity index (χ3v) is 2.81. The van der Waals surface area contributed by atoms with Crippen LogP contribution >= 0.6 is 34.8 Å². The summed E-state index contributed by atoms with van der Waals surface area (Å²) in [5.41, 5.74) is 6.84. The molecule has 2 rings (SSSR count). The number of nitrogens with two attached hydrogens (primary N) is 1. The summed E-state index contributed by atoms with van der Waals surface area (Å²) < 4.78 is -1.82. The van der Waals surface area contributed by atoms with Gasteiger partial charge in [0.2, 0.25) is 15.7 Å². The highest BCUT2D eigenvalue weighted by Gasteiger charge is 2.28. The van der Waals surface area contributed by atoms with Gasteiger partial charge in [-0.25, -0.2) is 0 Å². The van der Waals surface area contributed by atoms with Crippen molar-refractivity contribution in [1.82, 2.24) is 15.0 Å². The molecule has 9 heteroatoms. The fourth-order valence-electron chi connectivity index (χ4n) is 1.44. The average molecular weight is 335 g/mol. The number of aromatic hydroxyl groups is 1. The largest absolute Gasteiger partial charge is 0.506 e. The summed E-state index contributed by atoms with van der Waals surface area (Å²) in [6.45, 7) is 1.85. The fraction of sp³-hybridized carbons (Fsp3) is 0.182. The maximum Gasteiger partial charge on any atom is 0.250 e. The Bertz CT molecular complexity index is 644. The number of halogens is 3. The number of aromatic nitrogens is 3. The number of nitrogens with one attached hydrogen (secondary N) is 1. The lowest BCUT2D eigenvalue weighted by Crippen LogP contribution is -2.13. The zero-order valence-corrected chi connectivity index (χ0v) is 12.5. The number of nitrogen functional groups attached to an aromatic ring is 1. The molecule has 1 aromatic carbocycles. The quantitative estimate of drug-likeness (QED) is 0.577. The number of alkyl halides is 3. The Morgan fingerprint density at radius 1 is 1.20 bits per heavy atom. The Labute approximate surface area is 129 Å². The van der Waals surface area contributed by atoms with Crippen molar-refractivity contribution in [2.24, 2.45) is 0 Å². The molecule has 20 heavy (non-hydrogen) atoms. The number of phenolic OH excluding ortho intramolecular Hbond substituents is 1. The van der Waals surface area contributed by atoms with Crippen LogP contribution in [0.1, 0.15) is 11.4 Å². The lowest BCUT2D eigenvalue weighted by atomic mass is 10.2. The molecule has 0 spiro atoms. The van der Waals surface area contributed by atoms with Crippen molar-refractivity contribution in [3.63, 3.8) is 0 Å². The van der Waals surface area contributed by atoms with Crippen molar-refractivity contribution in [2.75, 3.05) is 11.1 Å². The third-order valence-electron chi connectivity index (χ3n) is 2.31. The number of anilines is 3. The smallest absolute Gasteiger partial charge is 0.250 e. The van der Waals surface area contributed by atoms with Crippen LogP contribution in [0.2, 0.25) is 0 Å². The molecule has 1 aromatic heterocycles. The van der Waals surface area contributed by atoms with Crippen LogP contribution in [-0.2, 0) is 3.79 Å². The first-order chi connectivity index (χ1) is 9.25. The van der Waals surface area contributed by atoms with Gasteiger partial charge in [-0.05, 0) is 24.6 Å². The van der Waals surface area contributed by atoms with Crippen LogP contribution in [0.3, 0.4) is 0 Å². The molecule has 0 aliphatic heterocycles. The van der Waals surface area contributed by atoms with Crippen molar-refractivity contribution in [3.05, 3.63) is 29.6 Å². The number of hydrogen-bond donors (Lipinski definition) is 3. The minimum absolute atomic E-state index is 0.0411. The first kappa shape index (κ1) is 14.9. The van der Waals surface area contributed by atoms with Gasteiger partial charge in [-0.2, -0.15) is 15.0 Å². The molecular formula is C11H10Cl3N5O. The predicted molar refractivity (Wildman–Crippen MR) is 79.6 cm³/mol. The highest BCUT2D eigenvalue weighted by atomic mass is 35.6. The highest BCUT2D eigenvalue weighted by molar-refractivity contribution is 6.66. The van der Waals surface area contributed by atoms with Crippen molar-refractivity contribution >= 4 is 52.4 Å². The van der Waals surface area contributed by atoms with E-state index in [-0.39, 0.29) is 23.5 Å². The first-order valence-electron chi connectivity index (χ1n) is 5.41. The van der Waals surface area contributed by atoms with E-state index in [1.165, 1.54) is 0 Å². The molecule has 1 heterocycles. The fourth-order valence-corrected chi connectivity index (χ4v) is 1.70.